The molecule has 9 heteroatoms. The van der Waals surface area contributed by atoms with Crippen molar-refractivity contribution in [1.82, 2.24) is 25.1 Å². The molecule has 32 heavy (non-hydrogen) atoms. The van der Waals surface area contributed by atoms with Gasteiger partial charge in [-0.3, -0.25) is 4.79 Å². The van der Waals surface area contributed by atoms with E-state index in [1.807, 2.05) is 31.2 Å². The number of methoxy groups -OCH3 is 1. The van der Waals surface area contributed by atoms with E-state index in [-0.39, 0.29) is 11.9 Å². The minimum absolute atomic E-state index is 0.0286. The average Bonchev–Trinajstić information content (AvgIpc) is 3.25. The van der Waals surface area contributed by atoms with Gasteiger partial charge < -0.3 is 19.9 Å². The summed E-state index contributed by atoms with van der Waals surface area (Å²) in [5.74, 6) is 2.50. The van der Waals surface area contributed by atoms with Gasteiger partial charge in [-0.05, 0) is 37.6 Å². The monoisotopic (exact) mass is 437 g/mol. The molecule has 0 saturated carbocycles. The van der Waals surface area contributed by atoms with Crippen LogP contribution in [0, 0.1) is 0 Å². The maximum atomic E-state index is 12.1. The molecule has 0 unspecified atom stereocenters. The van der Waals surface area contributed by atoms with Crippen molar-refractivity contribution in [3.63, 3.8) is 0 Å². The van der Waals surface area contributed by atoms with Crippen LogP contribution in [0.1, 0.15) is 32.5 Å². The molecule has 1 fully saturated rings. The number of anilines is 2. The van der Waals surface area contributed by atoms with Gasteiger partial charge in [0.1, 0.15) is 11.6 Å². The Bertz CT molecular complexity index is 1060. The fourth-order valence-corrected chi connectivity index (χ4v) is 3.82. The summed E-state index contributed by atoms with van der Waals surface area (Å²) in [5.41, 5.74) is 1.87. The average molecular weight is 438 g/mol. The summed E-state index contributed by atoms with van der Waals surface area (Å²) in [6.07, 6.45) is 1.79. The fourth-order valence-electron chi connectivity index (χ4n) is 3.82. The van der Waals surface area contributed by atoms with Gasteiger partial charge >= 0.3 is 0 Å². The van der Waals surface area contributed by atoms with Crippen molar-refractivity contribution >= 4 is 23.1 Å². The number of amides is 1. The molecule has 0 bridgehead atoms. The third-order valence-corrected chi connectivity index (χ3v) is 5.93. The summed E-state index contributed by atoms with van der Waals surface area (Å²) in [5, 5.41) is 16.2. The van der Waals surface area contributed by atoms with Crippen LogP contribution in [0.25, 0.3) is 5.65 Å². The van der Waals surface area contributed by atoms with Gasteiger partial charge in [-0.25, -0.2) is 0 Å². The summed E-state index contributed by atoms with van der Waals surface area (Å²) >= 11 is 0. The number of fused-ring (bicyclic) bond motifs is 1. The molecule has 0 spiro atoms. The molecular weight excluding hydrogens is 406 g/mol. The molecule has 3 heterocycles. The third kappa shape index (κ3) is 4.92. The molecule has 0 radical (unpaired) electrons. The van der Waals surface area contributed by atoms with Gasteiger partial charge in [0.05, 0.1) is 7.11 Å². The number of carbonyl (C=O) groups excluding carboxylic acids is 1. The molecule has 1 saturated heterocycles. The number of nitrogens with one attached hydrogen (secondary N) is 1. The molecule has 1 amide bonds. The van der Waals surface area contributed by atoms with Gasteiger partial charge in [-0.1, -0.05) is 13.0 Å². The summed E-state index contributed by atoms with van der Waals surface area (Å²) < 4.78 is 7.12. The van der Waals surface area contributed by atoms with Gasteiger partial charge in [0.25, 0.3) is 0 Å². The number of rotatable bonds is 8. The fraction of sp³-hybridized carbons (Fsp3) is 0.478. The second-order valence-corrected chi connectivity index (χ2v) is 8.13. The standard InChI is InChI=1S/C23H31N7O2/c1-4-17(2)24-23(31)11-10-21-26-25-20-8-9-22(27-30(20)21)29-14-12-28(13-15-29)18-6-5-7-19(16-18)32-3/h5-9,16-17H,4,10-15H2,1-3H3,(H,24,31)/t17-/m0/s1. The molecule has 1 aliphatic rings. The van der Waals surface area contributed by atoms with E-state index in [0.29, 0.717) is 24.3 Å². The van der Waals surface area contributed by atoms with Crippen LogP contribution in [0.2, 0.25) is 0 Å². The van der Waals surface area contributed by atoms with Crippen molar-refractivity contribution in [2.24, 2.45) is 0 Å². The molecular formula is C23H31N7O2. The molecule has 9 nitrogen and oxygen atoms in total. The van der Waals surface area contributed by atoms with Crippen LogP contribution < -0.4 is 19.9 Å². The van der Waals surface area contributed by atoms with Crippen LogP contribution in [0.15, 0.2) is 36.4 Å². The molecule has 1 aromatic carbocycles. The minimum Gasteiger partial charge on any atom is -0.497 e. The number of ether oxygens (including phenoxy) is 1. The zero-order chi connectivity index (χ0) is 22.5. The van der Waals surface area contributed by atoms with Crippen LogP contribution in [0.4, 0.5) is 11.5 Å². The van der Waals surface area contributed by atoms with Gasteiger partial charge in [0, 0.05) is 56.8 Å². The number of aryl methyl sites for hydroxylation is 1. The number of aromatic nitrogens is 4. The largest absolute Gasteiger partial charge is 0.497 e. The summed E-state index contributed by atoms with van der Waals surface area (Å²) in [4.78, 5) is 16.8. The molecule has 1 N–H and O–H groups in total. The molecule has 0 aliphatic carbocycles. The van der Waals surface area contributed by atoms with Crippen LogP contribution in [-0.2, 0) is 11.2 Å². The number of nitrogens with zero attached hydrogens (tertiary/aromatic N) is 6. The van der Waals surface area contributed by atoms with Crippen molar-refractivity contribution in [3.05, 3.63) is 42.2 Å². The van der Waals surface area contributed by atoms with Crippen LogP contribution in [0.5, 0.6) is 5.75 Å². The van der Waals surface area contributed by atoms with E-state index >= 15 is 0 Å². The highest BCUT2D eigenvalue weighted by molar-refractivity contribution is 5.76. The second kappa shape index (κ2) is 9.84. The Labute approximate surface area is 188 Å². The molecule has 170 valence electrons. The molecule has 3 aromatic rings. The van der Waals surface area contributed by atoms with Crippen molar-refractivity contribution in [2.75, 3.05) is 43.1 Å². The Morgan fingerprint density at radius 3 is 2.66 bits per heavy atom. The first kappa shape index (κ1) is 21.9. The van der Waals surface area contributed by atoms with Gasteiger partial charge in [-0.15, -0.1) is 15.3 Å². The van der Waals surface area contributed by atoms with Crippen LogP contribution in [0.3, 0.4) is 0 Å². The van der Waals surface area contributed by atoms with Gasteiger partial charge in [0.15, 0.2) is 11.5 Å². The number of hydrogen-bond acceptors (Lipinski definition) is 7. The van der Waals surface area contributed by atoms with E-state index in [9.17, 15) is 4.79 Å². The molecule has 1 aliphatic heterocycles. The third-order valence-electron chi connectivity index (χ3n) is 5.93. The Hall–Kier alpha value is -3.36. The Kier molecular flexibility index (Phi) is 6.72. The highest BCUT2D eigenvalue weighted by Crippen LogP contribution is 2.23. The number of carbonyl (C=O) groups is 1. The first-order valence-electron chi connectivity index (χ1n) is 11.2. The van der Waals surface area contributed by atoms with E-state index in [0.717, 1.165) is 44.2 Å². The lowest BCUT2D eigenvalue weighted by Crippen LogP contribution is -2.47. The number of benzene rings is 1. The smallest absolute Gasteiger partial charge is 0.220 e. The highest BCUT2D eigenvalue weighted by atomic mass is 16.5. The molecule has 4 rings (SSSR count). The summed E-state index contributed by atoms with van der Waals surface area (Å²) in [6.45, 7) is 7.59. The Morgan fingerprint density at radius 2 is 1.91 bits per heavy atom. The normalized spacial score (nSPS) is 15.1. The maximum absolute atomic E-state index is 12.1. The van der Waals surface area contributed by atoms with Gasteiger partial charge in [0.2, 0.25) is 5.91 Å². The quantitative estimate of drug-likeness (QED) is 0.579. The minimum atomic E-state index is 0.0286. The second-order valence-electron chi connectivity index (χ2n) is 8.13. The van der Waals surface area contributed by atoms with Gasteiger partial charge in [-0.2, -0.15) is 4.52 Å². The van der Waals surface area contributed by atoms with Crippen molar-refractivity contribution in [1.29, 1.82) is 0 Å². The van der Waals surface area contributed by atoms with E-state index in [1.54, 1.807) is 11.6 Å². The van der Waals surface area contributed by atoms with E-state index in [4.69, 9.17) is 9.84 Å². The van der Waals surface area contributed by atoms with Crippen molar-refractivity contribution in [3.8, 4) is 5.75 Å². The van der Waals surface area contributed by atoms with Crippen LogP contribution >= 0.6 is 0 Å². The van der Waals surface area contributed by atoms with Crippen molar-refractivity contribution < 1.29 is 9.53 Å². The maximum Gasteiger partial charge on any atom is 0.220 e. The summed E-state index contributed by atoms with van der Waals surface area (Å²) in [7, 11) is 1.69. The zero-order valence-corrected chi connectivity index (χ0v) is 19.0. The first-order valence-corrected chi connectivity index (χ1v) is 11.2. The Balaban J connectivity index is 1.40. The lowest BCUT2D eigenvalue weighted by molar-refractivity contribution is -0.121. The highest BCUT2D eigenvalue weighted by Gasteiger charge is 2.20. The lowest BCUT2D eigenvalue weighted by Gasteiger charge is -2.36. The summed E-state index contributed by atoms with van der Waals surface area (Å²) in [6, 6.07) is 12.3. The first-order chi connectivity index (χ1) is 15.6. The van der Waals surface area contributed by atoms with Crippen molar-refractivity contribution in [2.45, 2.75) is 39.2 Å². The predicted molar refractivity (Wildman–Crippen MR) is 124 cm³/mol. The van der Waals surface area contributed by atoms with E-state index in [2.05, 4.69) is 44.4 Å². The zero-order valence-electron chi connectivity index (χ0n) is 19.0. The number of hydrogen-bond donors (Lipinski definition) is 1. The molecule has 1 atom stereocenters. The predicted octanol–water partition coefficient (Wildman–Crippen LogP) is 2.31. The van der Waals surface area contributed by atoms with E-state index < -0.39 is 0 Å². The Morgan fingerprint density at radius 1 is 1.12 bits per heavy atom. The topological polar surface area (TPSA) is 87.9 Å². The SMILES string of the molecule is CC[C@H](C)NC(=O)CCc1nnc2ccc(N3CCN(c4cccc(OC)c4)CC3)nn12. The molecule has 2 aromatic heterocycles. The number of piperazine rings is 1. The lowest BCUT2D eigenvalue weighted by atomic mass is 10.2. The van der Waals surface area contributed by atoms with Crippen LogP contribution in [-0.4, -0.2) is 65.0 Å². The van der Waals surface area contributed by atoms with E-state index in [1.165, 1.54) is 5.69 Å².